The summed E-state index contributed by atoms with van der Waals surface area (Å²) in [5.74, 6) is -1.82. The molecule has 0 N–H and O–H groups in total. The molecule has 2 unspecified atom stereocenters. The van der Waals surface area contributed by atoms with Crippen LogP contribution >= 0.6 is 0 Å². The number of hydrogen-bond donors (Lipinski definition) is 0. The molecule has 0 aliphatic carbocycles. The average Bonchev–Trinajstić information content (AvgIpc) is 3.74. The lowest BCUT2D eigenvalue weighted by Gasteiger charge is -2.25. The van der Waals surface area contributed by atoms with E-state index in [1.54, 1.807) is 9.58 Å². The highest BCUT2D eigenvalue weighted by Gasteiger charge is 2.52. The minimum atomic E-state index is -4.91. The van der Waals surface area contributed by atoms with Gasteiger partial charge in [-0.2, -0.15) is 18.3 Å². The van der Waals surface area contributed by atoms with Crippen molar-refractivity contribution in [1.29, 1.82) is 0 Å². The normalized spacial score (nSPS) is 22.9. The molecule has 0 saturated carbocycles. The topological polar surface area (TPSA) is 80.0 Å². The number of alkyl halides is 3. The standard InChI is InChI=1S/C29H28F3N5O3/c1-35-17-24(14-33-35)22-4-2-20(3-5-22)21-6-8-23(9-7-21)25-34-28(11-13-40-18-28)26(38)37(25)16-19-10-12-36(15-19)27(39)29(30,31)32/h2-9,14,17,19H,10-13,15-16,18H2,1H3. The Morgan fingerprint density at radius 1 is 1.02 bits per heavy atom. The van der Waals surface area contributed by atoms with Crippen LogP contribution in [0.5, 0.6) is 0 Å². The zero-order valence-electron chi connectivity index (χ0n) is 21.9. The van der Waals surface area contributed by atoms with Gasteiger partial charge in [0.2, 0.25) is 0 Å². The van der Waals surface area contributed by atoms with Gasteiger partial charge in [-0.25, -0.2) is 4.99 Å². The molecule has 3 aromatic rings. The number of nitrogens with zero attached hydrogens (tertiary/aromatic N) is 5. The molecule has 4 heterocycles. The third-order valence-corrected chi connectivity index (χ3v) is 7.88. The first-order valence-electron chi connectivity index (χ1n) is 13.2. The third kappa shape index (κ3) is 4.78. The fourth-order valence-corrected chi connectivity index (χ4v) is 5.70. The molecule has 2 aromatic carbocycles. The van der Waals surface area contributed by atoms with E-state index in [1.165, 1.54) is 0 Å². The smallest absolute Gasteiger partial charge is 0.378 e. The first-order valence-corrected chi connectivity index (χ1v) is 13.2. The fourth-order valence-electron chi connectivity index (χ4n) is 5.70. The monoisotopic (exact) mass is 551 g/mol. The van der Waals surface area contributed by atoms with E-state index in [0.717, 1.165) is 32.7 Å². The summed E-state index contributed by atoms with van der Waals surface area (Å²) in [5.41, 5.74) is 3.86. The Kier molecular flexibility index (Phi) is 6.48. The highest BCUT2D eigenvalue weighted by atomic mass is 19.4. The van der Waals surface area contributed by atoms with Crippen LogP contribution in [0.1, 0.15) is 18.4 Å². The number of aliphatic imine (C=N–C) groups is 1. The fraction of sp³-hybridized carbons (Fsp3) is 0.379. The van der Waals surface area contributed by atoms with Crippen molar-refractivity contribution in [3.05, 3.63) is 66.5 Å². The van der Waals surface area contributed by atoms with Crippen molar-refractivity contribution in [2.24, 2.45) is 18.0 Å². The lowest BCUT2D eigenvalue weighted by Crippen LogP contribution is -2.46. The number of ether oxygens (including phenoxy) is 1. The Hall–Kier alpha value is -3.99. The number of rotatable bonds is 5. The minimum absolute atomic E-state index is 0.0139. The van der Waals surface area contributed by atoms with E-state index < -0.39 is 17.6 Å². The van der Waals surface area contributed by atoms with Crippen molar-refractivity contribution >= 4 is 17.6 Å². The second-order valence-corrected chi connectivity index (χ2v) is 10.6. The van der Waals surface area contributed by atoms with Gasteiger partial charge in [0.1, 0.15) is 5.84 Å². The van der Waals surface area contributed by atoms with Crippen LogP contribution in [0.4, 0.5) is 13.2 Å². The number of aryl methyl sites for hydroxylation is 1. The Balaban J connectivity index is 1.22. The molecule has 40 heavy (non-hydrogen) atoms. The number of halogens is 3. The molecule has 0 bridgehead atoms. The summed E-state index contributed by atoms with van der Waals surface area (Å²) in [7, 11) is 1.88. The summed E-state index contributed by atoms with van der Waals surface area (Å²) in [6, 6.07) is 15.9. The summed E-state index contributed by atoms with van der Waals surface area (Å²) in [4.78, 5) is 32.5. The van der Waals surface area contributed by atoms with E-state index in [4.69, 9.17) is 9.73 Å². The molecular weight excluding hydrogens is 523 g/mol. The zero-order valence-corrected chi connectivity index (χ0v) is 21.9. The van der Waals surface area contributed by atoms with E-state index in [1.807, 2.05) is 68.0 Å². The minimum Gasteiger partial charge on any atom is -0.378 e. The van der Waals surface area contributed by atoms with Crippen LogP contribution in [-0.4, -0.2) is 81.8 Å². The summed E-state index contributed by atoms with van der Waals surface area (Å²) in [6.45, 7) is 0.754. The lowest BCUT2D eigenvalue weighted by atomic mass is 9.98. The predicted molar refractivity (Wildman–Crippen MR) is 141 cm³/mol. The molecule has 208 valence electrons. The Morgan fingerprint density at radius 3 is 2.20 bits per heavy atom. The number of carbonyl (C=O) groups excluding carboxylic acids is 2. The number of hydrogen-bond acceptors (Lipinski definition) is 5. The van der Waals surface area contributed by atoms with Crippen molar-refractivity contribution in [3.8, 4) is 22.3 Å². The number of amidine groups is 1. The molecule has 2 atom stereocenters. The lowest BCUT2D eigenvalue weighted by molar-refractivity contribution is -0.184. The molecule has 2 saturated heterocycles. The molecule has 3 aliphatic rings. The molecule has 6 rings (SSSR count). The van der Waals surface area contributed by atoms with Crippen LogP contribution < -0.4 is 0 Å². The number of benzene rings is 2. The van der Waals surface area contributed by atoms with Crippen LogP contribution in [-0.2, 0) is 21.4 Å². The molecule has 0 radical (unpaired) electrons. The highest BCUT2D eigenvalue weighted by molar-refractivity contribution is 6.15. The van der Waals surface area contributed by atoms with Gasteiger partial charge in [-0.1, -0.05) is 48.5 Å². The Labute approximate surface area is 229 Å². The number of amides is 2. The van der Waals surface area contributed by atoms with Crippen LogP contribution in [0, 0.1) is 5.92 Å². The van der Waals surface area contributed by atoms with Crippen molar-refractivity contribution < 1.29 is 27.5 Å². The van der Waals surface area contributed by atoms with Crippen molar-refractivity contribution in [3.63, 3.8) is 0 Å². The molecule has 11 heteroatoms. The van der Waals surface area contributed by atoms with E-state index in [-0.39, 0.29) is 38.1 Å². The molecular formula is C29H28F3N5O3. The van der Waals surface area contributed by atoms with Crippen LogP contribution in [0.25, 0.3) is 22.3 Å². The van der Waals surface area contributed by atoms with Gasteiger partial charge >= 0.3 is 12.1 Å². The zero-order chi connectivity index (χ0) is 28.1. The van der Waals surface area contributed by atoms with Crippen LogP contribution in [0.15, 0.2) is 65.9 Å². The number of aromatic nitrogens is 2. The summed E-state index contributed by atoms with van der Waals surface area (Å²) in [5, 5.41) is 4.22. The second-order valence-electron chi connectivity index (χ2n) is 10.6. The molecule has 2 fully saturated rings. The number of carbonyl (C=O) groups is 2. The molecule has 3 aliphatic heterocycles. The van der Waals surface area contributed by atoms with Crippen molar-refractivity contribution in [2.75, 3.05) is 32.8 Å². The van der Waals surface area contributed by atoms with Crippen molar-refractivity contribution in [2.45, 2.75) is 24.6 Å². The maximum Gasteiger partial charge on any atom is 0.471 e. The van der Waals surface area contributed by atoms with E-state index >= 15 is 0 Å². The molecule has 2 amide bonds. The van der Waals surface area contributed by atoms with Crippen molar-refractivity contribution in [1.82, 2.24) is 19.6 Å². The van der Waals surface area contributed by atoms with Gasteiger partial charge in [0, 0.05) is 57.0 Å². The van der Waals surface area contributed by atoms with Gasteiger partial charge in [0.05, 0.1) is 12.8 Å². The SMILES string of the molecule is Cn1cc(-c2ccc(-c3ccc(C4=NC5(CCOC5)C(=O)N4CC4CCN(C(=O)C(F)(F)F)C4)cc3)cc2)cn1. The van der Waals surface area contributed by atoms with Crippen LogP contribution in [0.2, 0.25) is 0 Å². The van der Waals surface area contributed by atoms with E-state index in [2.05, 4.69) is 5.10 Å². The van der Waals surface area contributed by atoms with E-state index in [9.17, 15) is 22.8 Å². The maximum absolute atomic E-state index is 13.6. The molecule has 8 nitrogen and oxygen atoms in total. The first kappa shape index (κ1) is 26.2. The first-order chi connectivity index (χ1) is 19.1. The maximum atomic E-state index is 13.6. The van der Waals surface area contributed by atoms with E-state index in [0.29, 0.717) is 25.3 Å². The molecule has 1 spiro atoms. The predicted octanol–water partition coefficient (Wildman–Crippen LogP) is 3.91. The van der Waals surface area contributed by atoms with Gasteiger partial charge < -0.3 is 9.64 Å². The van der Waals surface area contributed by atoms with Gasteiger partial charge in [0.15, 0.2) is 5.54 Å². The van der Waals surface area contributed by atoms with Gasteiger partial charge in [-0.05, 0) is 29.0 Å². The largest absolute Gasteiger partial charge is 0.471 e. The number of likely N-dealkylation sites (tertiary alicyclic amines) is 1. The summed E-state index contributed by atoms with van der Waals surface area (Å²) in [6.07, 6.45) is -0.291. The summed E-state index contributed by atoms with van der Waals surface area (Å²) < 4.78 is 46.1. The Morgan fingerprint density at radius 2 is 1.65 bits per heavy atom. The summed E-state index contributed by atoms with van der Waals surface area (Å²) >= 11 is 0. The van der Waals surface area contributed by atoms with Crippen LogP contribution in [0.3, 0.4) is 0 Å². The van der Waals surface area contributed by atoms with Gasteiger partial charge in [-0.3, -0.25) is 19.2 Å². The quantitative estimate of drug-likeness (QED) is 0.482. The Bertz CT molecular complexity index is 1460. The third-order valence-electron chi connectivity index (χ3n) is 7.88. The second kappa shape index (κ2) is 9.88. The molecule has 1 aromatic heterocycles. The van der Waals surface area contributed by atoms with Gasteiger partial charge in [-0.15, -0.1) is 0 Å². The highest BCUT2D eigenvalue weighted by Crippen LogP contribution is 2.35. The van der Waals surface area contributed by atoms with Gasteiger partial charge in [0.25, 0.3) is 5.91 Å². The average molecular weight is 552 g/mol.